The second kappa shape index (κ2) is 9.04. The number of benzene rings is 1. The summed E-state index contributed by atoms with van der Waals surface area (Å²) in [5.74, 6) is -0.0689. The monoisotopic (exact) mass is 447 g/mol. The Hall–Kier alpha value is -3.32. The van der Waals surface area contributed by atoms with E-state index in [0.29, 0.717) is 26.5 Å². The van der Waals surface area contributed by atoms with E-state index >= 15 is 0 Å². The summed E-state index contributed by atoms with van der Waals surface area (Å²) in [6.45, 7) is 8.07. The molecule has 6 nitrogen and oxygen atoms in total. The Labute approximate surface area is 190 Å². The van der Waals surface area contributed by atoms with Crippen LogP contribution in [0.3, 0.4) is 0 Å². The van der Waals surface area contributed by atoms with Gasteiger partial charge in [0.05, 0.1) is 28.5 Å². The van der Waals surface area contributed by atoms with Crippen LogP contribution in [-0.2, 0) is 9.53 Å². The molecule has 7 heteroatoms. The maximum atomic E-state index is 13.5. The molecule has 0 amide bonds. The fourth-order valence-corrected chi connectivity index (χ4v) is 4.83. The SMILES string of the molecule is CCOC(=O)C1=C(C)N=c2s/c(=C\c3cccnc3)c(=O)n2C1c1ccc(C(C)C)cc1. The predicted molar refractivity (Wildman–Crippen MR) is 125 cm³/mol. The largest absolute Gasteiger partial charge is 0.463 e. The van der Waals surface area contributed by atoms with Crippen molar-refractivity contribution in [2.24, 2.45) is 4.99 Å². The smallest absolute Gasteiger partial charge is 0.338 e. The fraction of sp³-hybridized carbons (Fsp3) is 0.280. The Morgan fingerprint density at radius 3 is 2.62 bits per heavy atom. The van der Waals surface area contributed by atoms with E-state index in [-0.39, 0.29) is 12.2 Å². The van der Waals surface area contributed by atoms with Crippen LogP contribution in [-0.4, -0.2) is 22.1 Å². The normalized spacial score (nSPS) is 16.2. The highest BCUT2D eigenvalue weighted by Gasteiger charge is 2.33. The third kappa shape index (κ3) is 4.08. The number of hydrogen-bond acceptors (Lipinski definition) is 6. The number of pyridine rings is 1. The second-order valence-electron chi connectivity index (χ2n) is 7.91. The van der Waals surface area contributed by atoms with Gasteiger partial charge in [-0.2, -0.15) is 0 Å². The summed E-state index contributed by atoms with van der Waals surface area (Å²) in [6.07, 6.45) is 5.20. The maximum Gasteiger partial charge on any atom is 0.338 e. The molecule has 1 atom stereocenters. The molecule has 4 rings (SSSR count). The maximum absolute atomic E-state index is 13.5. The Morgan fingerprint density at radius 2 is 2.00 bits per heavy atom. The molecule has 1 unspecified atom stereocenters. The van der Waals surface area contributed by atoms with E-state index in [1.54, 1.807) is 36.9 Å². The first-order valence-corrected chi connectivity index (χ1v) is 11.4. The molecule has 1 aromatic carbocycles. The lowest BCUT2D eigenvalue weighted by atomic mass is 9.93. The van der Waals surface area contributed by atoms with Crippen LogP contribution in [0.2, 0.25) is 0 Å². The molecule has 0 radical (unpaired) electrons. The fourth-order valence-electron chi connectivity index (χ4n) is 3.78. The van der Waals surface area contributed by atoms with E-state index in [1.807, 2.05) is 36.4 Å². The van der Waals surface area contributed by atoms with Crippen molar-refractivity contribution in [3.63, 3.8) is 0 Å². The highest BCUT2D eigenvalue weighted by molar-refractivity contribution is 7.07. The molecule has 0 saturated carbocycles. The highest BCUT2D eigenvalue weighted by atomic mass is 32.1. The summed E-state index contributed by atoms with van der Waals surface area (Å²) in [5.41, 5.74) is 3.64. The van der Waals surface area contributed by atoms with E-state index < -0.39 is 12.0 Å². The molecule has 0 saturated heterocycles. The summed E-state index contributed by atoms with van der Waals surface area (Å²) in [5, 5.41) is 0. The molecular formula is C25H25N3O3S. The molecule has 0 aliphatic carbocycles. The molecule has 0 fully saturated rings. The Balaban J connectivity index is 1.94. The quantitative estimate of drug-likeness (QED) is 0.563. The van der Waals surface area contributed by atoms with Crippen molar-refractivity contribution in [1.29, 1.82) is 0 Å². The number of allylic oxidation sites excluding steroid dienone is 1. The van der Waals surface area contributed by atoms with E-state index in [4.69, 9.17) is 4.74 Å². The standard InChI is InChI=1S/C25H25N3O3S/c1-5-31-24(30)21-16(4)27-25-28(22(21)19-10-8-18(9-11-19)15(2)3)23(29)20(32-25)13-17-7-6-12-26-14-17/h6-15,22H,5H2,1-4H3/b20-13-. The number of aromatic nitrogens is 2. The van der Waals surface area contributed by atoms with Gasteiger partial charge in [-0.05, 0) is 48.6 Å². The van der Waals surface area contributed by atoms with E-state index in [1.165, 1.54) is 16.9 Å². The van der Waals surface area contributed by atoms with Crippen LogP contribution in [0.5, 0.6) is 0 Å². The summed E-state index contributed by atoms with van der Waals surface area (Å²) < 4.78 is 7.49. The zero-order valence-corrected chi connectivity index (χ0v) is 19.3. The van der Waals surface area contributed by atoms with Crippen molar-refractivity contribution in [2.45, 2.75) is 39.7 Å². The summed E-state index contributed by atoms with van der Waals surface area (Å²) in [4.78, 5) is 35.7. The van der Waals surface area contributed by atoms with Crippen molar-refractivity contribution in [1.82, 2.24) is 9.55 Å². The van der Waals surface area contributed by atoms with Crippen LogP contribution in [0.4, 0.5) is 0 Å². The first-order valence-electron chi connectivity index (χ1n) is 10.6. The summed E-state index contributed by atoms with van der Waals surface area (Å²) >= 11 is 1.31. The lowest BCUT2D eigenvalue weighted by Crippen LogP contribution is -2.39. The van der Waals surface area contributed by atoms with Gasteiger partial charge in [0.15, 0.2) is 4.80 Å². The molecule has 1 aliphatic rings. The Morgan fingerprint density at radius 1 is 1.25 bits per heavy atom. The van der Waals surface area contributed by atoms with Crippen LogP contribution in [0, 0.1) is 0 Å². The van der Waals surface area contributed by atoms with Gasteiger partial charge in [0.25, 0.3) is 5.56 Å². The Kier molecular flexibility index (Phi) is 6.19. The number of esters is 1. The molecule has 2 aromatic heterocycles. The number of carbonyl (C=O) groups excluding carboxylic acids is 1. The van der Waals surface area contributed by atoms with Crippen molar-refractivity contribution in [3.8, 4) is 0 Å². The molecule has 0 spiro atoms. The minimum absolute atomic E-state index is 0.190. The first kappa shape index (κ1) is 21.9. The van der Waals surface area contributed by atoms with Crippen LogP contribution >= 0.6 is 11.3 Å². The van der Waals surface area contributed by atoms with Crippen LogP contribution in [0.15, 0.2) is 69.8 Å². The molecule has 32 heavy (non-hydrogen) atoms. The van der Waals surface area contributed by atoms with Crippen molar-refractivity contribution >= 4 is 23.4 Å². The van der Waals surface area contributed by atoms with Gasteiger partial charge in [0.2, 0.25) is 0 Å². The van der Waals surface area contributed by atoms with Crippen molar-refractivity contribution < 1.29 is 9.53 Å². The van der Waals surface area contributed by atoms with Gasteiger partial charge < -0.3 is 4.74 Å². The number of fused-ring (bicyclic) bond motifs is 1. The van der Waals surface area contributed by atoms with Crippen LogP contribution in [0.1, 0.15) is 56.3 Å². The van der Waals surface area contributed by atoms with Crippen molar-refractivity contribution in [3.05, 3.63) is 96.4 Å². The number of rotatable bonds is 5. The van der Waals surface area contributed by atoms with Gasteiger partial charge in [-0.1, -0.05) is 55.5 Å². The molecular weight excluding hydrogens is 422 g/mol. The van der Waals surface area contributed by atoms with Crippen LogP contribution in [0.25, 0.3) is 6.08 Å². The third-order valence-electron chi connectivity index (χ3n) is 5.42. The van der Waals surface area contributed by atoms with Gasteiger partial charge in [-0.25, -0.2) is 9.79 Å². The molecule has 3 aromatic rings. The Bertz CT molecular complexity index is 1350. The molecule has 0 N–H and O–H groups in total. The number of ether oxygens (including phenoxy) is 1. The van der Waals surface area contributed by atoms with E-state index in [9.17, 15) is 9.59 Å². The number of thiazole rings is 1. The van der Waals surface area contributed by atoms with Gasteiger partial charge in [-0.3, -0.25) is 14.3 Å². The minimum atomic E-state index is -0.595. The summed E-state index contributed by atoms with van der Waals surface area (Å²) in [6, 6.07) is 11.2. The molecule has 1 aliphatic heterocycles. The average molecular weight is 448 g/mol. The predicted octanol–water partition coefficient (Wildman–Crippen LogP) is 3.32. The lowest BCUT2D eigenvalue weighted by molar-refractivity contribution is -0.139. The van der Waals surface area contributed by atoms with Gasteiger partial charge in [-0.15, -0.1) is 0 Å². The molecule has 164 valence electrons. The van der Waals surface area contributed by atoms with E-state index in [0.717, 1.165) is 11.1 Å². The topological polar surface area (TPSA) is 73.6 Å². The highest BCUT2D eigenvalue weighted by Crippen LogP contribution is 2.31. The van der Waals surface area contributed by atoms with Gasteiger partial charge in [0.1, 0.15) is 0 Å². The molecule has 3 heterocycles. The lowest BCUT2D eigenvalue weighted by Gasteiger charge is -2.25. The second-order valence-corrected chi connectivity index (χ2v) is 8.92. The van der Waals surface area contributed by atoms with E-state index in [2.05, 4.69) is 23.8 Å². The zero-order valence-electron chi connectivity index (χ0n) is 18.5. The van der Waals surface area contributed by atoms with Gasteiger partial charge >= 0.3 is 5.97 Å². The number of nitrogens with zero attached hydrogens (tertiary/aromatic N) is 3. The van der Waals surface area contributed by atoms with Crippen LogP contribution < -0.4 is 14.9 Å². The zero-order chi connectivity index (χ0) is 22.8. The number of carbonyl (C=O) groups is 1. The number of hydrogen-bond donors (Lipinski definition) is 0. The molecule has 0 bridgehead atoms. The third-order valence-corrected chi connectivity index (χ3v) is 6.40. The summed E-state index contributed by atoms with van der Waals surface area (Å²) in [7, 11) is 0. The minimum Gasteiger partial charge on any atom is -0.463 e. The first-order chi connectivity index (χ1) is 15.4. The average Bonchev–Trinajstić information content (AvgIpc) is 3.08. The van der Waals surface area contributed by atoms with Crippen molar-refractivity contribution in [2.75, 3.05) is 6.61 Å². The van der Waals surface area contributed by atoms with Gasteiger partial charge in [0, 0.05) is 12.4 Å².